The van der Waals surface area contributed by atoms with Gasteiger partial charge < -0.3 is 4.90 Å². The number of nitrogens with zero attached hydrogens (tertiary/aromatic N) is 4. The zero-order chi connectivity index (χ0) is 16.9. The van der Waals surface area contributed by atoms with Crippen LogP contribution in [0.5, 0.6) is 0 Å². The van der Waals surface area contributed by atoms with Crippen molar-refractivity contribution < 1.29 is 13.2 Å². The lowest BCUT2D eigenvalue weighted by atomic mass is 10.2. The van der Waals surface area contributed by atoms with Crippen molar-refractivity contribution in [2.75, 3.05) is 26.7 Å². The maximum absolute atomic E-state index is 12.8. The third kappa shape index (κ3) is 4.54. The van der Waals surface area contributed by atoms with Crippen LogP contribution in [0.15, 0.2) is 17.3 Å². The van der Waals surface area contributed by atoms with Crippen molar-refractivity contribution in [3.05, 3.63) is 12.4 Å². The van der Waals surface area contributed by atoms with Crippen LogP contribution in [0.1, 0.15) is 39.0 Å². The molecule has 0 N–H and O–H groups in total. The maximum atomic E-state index is 12.8. The quantitative estimate of drug-likeness (QED) is 0.830. The smallest absolute Gasteiger partial charge is 0.246 e. The van der Waals surface area contributed by atoms with Gasteiger partial charge in [-0.05, 0) is 19.8 Å². The second kappa shape index (κ2) is 7.92. The van der Waals surface area contributed by atoms with Crippen molar-refractivity contribution in [2.24, 2.45) is 0 Å². The molecule has 0 aromatic carbocycles. The third-order valence-electron chi connectivity index (χ3n) is 4.22. The largest absolute Gasteiger partial charge is 0.346 e. The summed E-state index contributed by atoms with van der Waals surface area (Å²) in [5.41, 5.74) is 0. The van der Waals surface area contributed by atoms with Crippen LogP contribution in [0.3, 0.4) is 0 Å². The molecule has 2 rings (SSSR count). The van der Waals surface area contributed by atoms with Gasteiger partial charge in [0.2, 0.25) is 15.9 Å². The molecule has 2 heterocycles. The molecule has 0 unspecified atom stereocenters. The van der Waals surface area contributed by atoms with E-state index >= 15 is 0 Å². The first-order chi connectivity index (χ1) is 10.9. The average Bonchev–Trinajstić information content (AvgIpc) is 3.00. The Hall–Kier alpha value is -1.41. The zero-order valence-electron chi connectivity index (χ0n) is 13.9. The molecule has 0 spiro atoms. The molecular formula is C15H26N4O3S. The van der Waals surface area contributed by atoms with Gasteiger partial charge in [-0.1, -0.05) is 12.8 Å². The van der Waals surface area contributed by atoms with Crippen LogP contribution in [-0.4, -0.2) is 60.0 Å². The summed E-state index contributed by atoms with van der Waals surface area (Å²) < 4.78 is 28.6. The minimum absolute atomic E-state index is 0.00338. The van der Waals surface area contributed by atoms with Crippen LogP contribution in [-0.2, 0) is 21.4 Å². The first-order valence-corrected chi connectivity index (χ1v) is 9.65. The molecule has 1 aromatic heterocycles. The van der Waals surface area contributed by atoms with E-state index in [1.165, 1.54) is 10.5 Å². The Labute approximate surface area is 138 Å². The Bertz CT molecular complexity index is 626. The SMILES string of the molecule is CCn1cc(S(=O)(=O)N2CCCCCCN(C)C(=O)CC2)cn1. The lowest BCUT2D eigenvalue weighted by molar-refractivity contribution is -0.130. The molecule has 8 heteroatoms. The Morgan fingerprint density at radius 1 is 1.13 bits per heavy atom. The molecule has 1 aliphatic rings. The molecule has 1 fully saturated rings. The fourth-order valence-electron chi connectivity index (χ4n) is 2.68. The van der Waals surface area contributed by atoms with E-state index < -0.39 is 10.0 Å². The second-order valence-electron chi connectivity index (χ2n) is 5.92. The number of carbonyl (C=O) groups excluding carboxylic acids is 1. The van der Waals surface area contributed by atoms with Gasteiger partial charge in [-0.2, -0.15) is 9.40 Å². The molecule has 0 bridgehead atoms. The van der Waals surface area contributed by atoms with Crippen LogP contribution >= 0.6 is 0 Å². The Morgan fingerprint density at radius 2 is 1.83 bits per heavy atom. The monoisotopic (exact) mass is 342 g/mol. The lowest BCUT2D eigenvalue weighted by Gasteiger charge is -2.22. The molecule has 0 radical (unpaired) electrons. The molecule has 1 amide bonds. The van der Waals surface area contributed by atoms with Crippen molar-refractivity contribution in [2.45, 2.75) is 50.5 Å². The highest BCUT2D eigenvalue weighted by molar-refractivity contribution is 7.89. The van der Waals surface area contributed by atoms with Crippen molar-refractivity contribution in [3.8, 4) is 0 Å². The summed E-state index contributed by atoms with van der Waals surface area (Å²) >= 11 is 0. The first kappa shape index (κ1) is 17.9. The van der Waals surface area contributed by atoms with Crippen LogP contribution in [0.2, 0.25) is 0 Å². The number of hydrogen-bond donors (Lipinski definition) is 0. The highest BCUT2D eigenvalue weighted by Crippen LogP contribution is 2.17. The number of carbonyl (C=O) groups is 1. The minimum Gasteiger partial charge on any atom is -0.346 e. The summed E-state index contributed by atoms with van der Waals surface area (Å²) in [7, 11) is -1.81. The molecule has 1 aliphatic heterocycles. The molecule has 1 saturated heterocycles. The van der Waals surface area contributed by atoms with Crippen molar-refractivity contribution in [1.82, 2.24) is 19.0 Å². The normalized spacial score (nSPS) is 19.6. The Balaban J connectivity index is 2.17. The molecule has 130 valence electrons. The van der Waals surface area contributed by atoms with Gasteiger partial charge in [-0.25, -0.2) is 8.42 Å². The van der Waals surface area contributed by atoms with E-state index in [2.05, 4.69) is 5.10 Å². The van der Waals surface area contributed by atoms with Gasteiger partial charge in [-0.3, -0.25) is 9.48 Å². The molecule has 0 atom stereocenters. The molecule has 1 aromatic rings. The van der Waals surface area contributed by atoms with Gasteiger partial charge in [-0.15, -0.1) is 0 Å². The number of hydrogen-bond acceptors (Lipinski definition) is 4. The number of aromatic nitrogens is 2. The fourth-order valence-corrected chi connectivity index (χ4v) is 4.11. The van der Waals surface area contributed by atoms with Crippen LogP contribution < -0.4 is 0 Å². The van der Waals surface area contributed by atoms with Crippen molar-refractivity contribution >= 4 is 15.9 Å². The van der Waals surface area contributed by atoms with Crippen LogP contribution in [0, 0.1) is 0 Å². The number of amides is 1. The lowest BCUT2D eigenvalue weighted by Crippen LogP contribution is -2.36. The number of aryl methyl sites for hydroxylation is 1. The van der Waals surface area contributed by atoms with Crippen molar-refractivity contribution in [3.63, 3.8) is 0 Å². The Kier molecular flexibility index (Phi) is 6.17. The predicted octanol–water partition coefficient (Wildman–Crippen LogP) is 1.32. The van der Waals surface area contributed by atoms with Gasteiger partial charge in [0.25, 0.3) is 0 Å². The molecule has 23 heavy (non-hydrogen) atoms. The van der Waals surface area contributed by atoms with E-state index in [4.69, 9.17) is 0 Å². The van der Waals surface area contributed by atoms with E-state index in [1.807, 2.05) is 6.92 Å². The molecular weight excluding hydrogens is 316 g/mol. The molecule has 7 nitrogen and oxygen atoms in total. The topological polar surface area (TPSA) is 75.5 Å². The van der Waals surface area contributed by atoms with E-state index in [-0.39, 0.29) is 23.8 Å². The Morgan fingerprint density at radius 3 is 2.48 bits per heavy atom. The summed E-state index contributed by atoms with van der Waals surface area (Å²) in [4.78, 5) is 14.0. The summed E-state index contributed by atoms with van der Waals surface area (Å²) in [6.07, 6.45) is 6.93. The summed E-state index contributed by atoms with van der Waals surface area (Å²) in [5, 5.41) is 4.05. The predicted molar refractivity (Wildman–Crippen MR) is 87.4 cm³/mol. The highest BCUT2D eigenvalue weighted by Gasteiger charge is 2.26. The zero-order valence-corrected chi connectivity index (χ0v) is 14.8. The second-order valence-corrected chi connectivity index (χ2v) is 7.85. The van der Waals surface area contributed by atoms with Gasteiger partial charge in [0, 0.05) is 45.8 Å². The van der Waals surface area contributed by atoms with E-state index in [0.29, 0.717) is 13.1 Å². The van der Waals surface area contributed by atoms with E-state index in [1.54, 1.807) is 22.8 Å². The van der Waals surface area contributed by atoms with Gasteiger partial charge >= 0.3 is 0 Å². The number of sulfonamides is 1. The van der Waals surface area contributed by atoms with Crippen LogP contribution in [0.4, 0.5) is 0 Å². The summed E-state index contributed by atoms with van der Waals surface area (Å²) in [6, 6.07) is 0. The highest BCUT2D eigenvalue weighted by atomic mass is 32.2. The average molecular weight is 342 g/mol. The summed E-state index contributed by atoms with van der Waals surface area (Å²) in [6.45, 7) is 3.96. The molecule has 0 aliphatic carbocycles. The van der Waals surface area contributed by atoms with Crippen molar-refractivity contribution in [1.29, 1.82) is 0 Å². The third-order valence-corrected chi connectivity index (χ3v) is 6.07. The number of rotatable bonds is 3. The fraction of sp³-hybridized carbons (Fsp3) is 0.733. The minimum atomic E-state index is -3.59. The molecule has 0 saturated carbocycles. The maximum Gasteiger partial charge on any atom is 0.246 e. The van der Waals surface area contributed by atoms with Gasteiger partial charge in [0.05, 0.1) is 6.20 Å². The summed E-state index contributed by atoms with van der Waals surface area (Å²) in [5.74, 6) is -0.00338. The standard InChI is InChI=1S/C15H26N4O3S/c1-3-18-13-14(12-16-18)23(21,22)19-10-7-5-4-6-9-17(2)15(20)8-11-19/h12-13H,3-11H2,1-2H3. The first-order valence-electron chi connectivity index (χ1n) is 8.21. The van der Waals surface area contributed by atoms with Gasteiger partial charge in [0.1, 0.15) is 4.90 Å². The van der Waals surface area contributed by atoms with Crippen LogP contribution in [0.25, 0.3) is 0 Å². The van der Waals surface area contributed by atoms with E-state index in [0.717, 1.165) is 32.2 Å². The van der Waals surface area contributed by atoms with Gasteiger partial charge in [0.15, 0.2) is 0 Å². The van der Waals surface area contributed by atoms with E-state index in [9.17, 15) is 13.2 Å².